The third kappa shape index (κ3) is 4.75. The lowest BCUT2D eigenvalue weighted by molar-refractivity contribution is 0.0900. The maximum atomic E-state index is 14.5. The van der Waals surface area contributed by atoms with Crippen molar-refractivity contribution < 1.29 is 23.4 Å². The molecule has 2 bridgehead atoms. The Morgan fingerprint density at radius 3 is 2.92 bits per heavy atom. The highest BCUT2D eigenvalue weighted by Gasteiger charge is 2.34. The smallest absolute Gasteiger partial charge is 0.255 e. The van der Waals surface area contributed by atoms with Crippen LogP contribution in [0.3, 0.4) is 0 Å². The Bertz CT molecular complexity index is 1240. The fourth-order valence-electron chi connectivity index (χ4n) is 4.92. The SMILES string of the molecule is COc1c(F)cccc1Nc1c2[nH]c3c1C(=O)NCC3CCC(C)CCOCCOc1cnccc1-2. The fourth-order valence-corrected chi connectivity index (χ4v) is 4.92. The van der Waals surface area contributed by atoms with Gasteiger partial charge in [0.15, 0.2) is 11.6 Å². The van der Waals surface area contributed by atoms with Gasteiger partial charge in [0.1, 0.15) is 12.4 Å². The van der Waals surface area contributed by atoms with Crippen LogP contribution in [0.2, 0.25) is 0 Å². The van der Waals surface area contributed by atoms with Crippen molar-refractivity contribution in [2.45, 2.75) is 32.1 Å². The van der Waals surface area contributed by atoms with Crippen LogP contribution in [0.1, 0.15) is 48.2 Å². The Labute approximate surface area is 209 Å². The van der Waals surface area contributed by atoms with Gasteiger partial charge < -0.3 is 29.8 Å². The molecule has 2 unspecified atom stereocenters. The molecule has 2 aliphatic rings. The highest BCUT2D eigenvalue weighted by atomic mass is 19.1. The number of hydrogen-bond donors (Lipinski definition) is 3. The van der Waals surface area contributed by atoms with Gasteiger partial charge in [0.2, 0.25) is 0 Å². The second-order valence-corrected chi connectivity index (χ2v) is 9.32. The highest BCUT2D eigenvalue weighted by Crippen LogP contribution is 2.44. The van der Waals surface area contributed by atoms with Crippen molar-refractivity contribution in [2.75, 3.05) is 38.8 Å². The molecule has 36 heavy (non-hydrogen) atoms. The van der Waals surface area contributed by atoms with Gasteiger partial charge in [-0.1, -0.05) is 13.0 Å². The molecule has 3 N–H and O–H groups in total. The third-order valence-electron chi connectivity index (χ3n) is 6.91. The Morgan fingerprint density at radius 1 is 1.17 bits per heavy atom. The van der Waals surface area contributed by atoms with Crippen LogP contribution in [0, 0.1) is 11.7 Å². The minimum absolute atomic E-state index is 0.0745. The van der Waals surface area contributed by atoms with Gasteiger partial charge in [-0.15, -0.1) is 0 Å². The molecule has 2 aliphatic heterocycles. The molecule has 0 spiro atoms. The van der Waals surface area contributed by atoms with Crippen molar-refractivity contribution >= 4 is 17.3 Å². The summed E-state index contributed by atoms with van der Waals surface area (Å²) in [7, 11) is 1.42. The first-order valence-electron chi connectivity index (χ1n) is 12.3. The number of rotatable bonds is 3. The molecule has 0 saturated carbocycles. The van der Waals surface area contributed by atoms with Gasteiger partial charge in [-0.05, 0) is 43.4 Å². The number of H-pyrrole nitrogens is 1. The van der Waals surface area contributed by atoms with Crippen molar-refractivity contribution in [2.24, 2.45) is 5.92 Å². The van der Waals surface area contributed by atoms with Crippen molar-refractivity contribution in [3.05, 3.63) is 53.7 Å². The number of carbonyl (C=O) groups is 1. The van der Waals surface area contributed by atoms with Crippen LogP contribution >= 0.6 is 0 Å². The average Bonchev–Trinajstić information content (AvgIpc) is 3.25. The molecule has 9 heteroatoms. The van der Waals surface area contributed by atoms with E-state index < -0.39 is 5.82 Å². The summed E-state index contributed by atoms with van der Waals surface area (Å²) in [5, 5.41) is 6.36. The van der Waals surface area contributed by atoms with Crippen molar-refractivity contribution in [1.82, 2.24) is 15.3 Å². The van der Waals surface area contributed by atoms with Gasteiger partial charge in [0, 0.05) is 36.5 Å². The number of para-hydroxylation sites is 1. The van der Waals surface area contributed by atoms with Gasteiger partial charge in [-0.3, -0.25) is 9.78 Å². The average molecular weight is 495 g/mol. The van der Waals surface area contributed by atoms with E-state index >= 15 is 0 Å². The molecule has 8 nitrogen and oxygen atoms in total. The quantitative estimate of drug-likeness (QED) is 0.474. The van der Waals surface area contributed by atoms with Crippen molar-refractivity contribution in [3.8, 4) is 22.8 Å². The summed E-state index contributed by atoms with van der Waals surface area (Å²) >= 11 is 0. The van der Waals surface area contributed by atoms with E-state index in [9.17, 15) is 9.18 Å². The van der Waals surface area contributed by atoms with Gasteiger partial charge >= 0.3 is 0 Å². The second kappa shape index (κ2) is 10.6. The standard InChI is InChI=1S/C27H31FN4O4/c1-16-6-7-17-14-30-27(33)22-23(17)32-24(25(22)31-20-5-3-4-19(28)26(20)34-2)18-8-10-29-15-21(18)36-13-12-35-11-9-16/h3-5,8,10,15-17,31-32H,6-7,9,11-14H2,1-2H3,(H,30,33). The largest absolute Gasteiger partial charge is 0.492 e. The summed E-state index contributed by atoms with van der Waals surface area (Å²) in [4.78, 5) is 21.0. The normalized spacial score (nSPS) is 20.2. The van der Waals surface area contributed by atoms with Crippen LogP contribution in [-0.4, -0.2) is 49.4 Å². The minimum atomic E-state index is -0.493. The van der Waals surface area contributed by atoms with E-state index in [-0.39, 0.29) is 17.6 Å². The lowest BCUT2D eigenvalue weighted by Crippen LogP contribution is -2.35. The van der Waals surface area contributed by atoms with E-state index in [1.165, 1.54) is 13.2 Å². The topological polar surface area (TPSA) is 97.5 Å². The third-order valence-corrected chi connectivity index (χ3v) is 6.91. The number of halogens is 1. The fraction of sp³-hybridized carbons (Fsp3) is 0.407. The van der Waals surface area contributed by atoms with E-state index in [2.05, 4.69) is 27.5 Å². The van der Waals surface area contributed by atoms with Gasteiger partial charge in [-0.25, -0.2) is 4.39 Å². The highest BCUT2D eigenvalue weighted by molar-refractivity contribution is 6.07. The second-order valence-electron chi connectivity index (χ2n) is 9.32. The number of nitrogens with one attached hydrogen (secondary N) is 3. The molecule has 0 fully saturated rings. The Kier molecular flexibility index (Phi) is 7.09. The van der Waals surface area contributed by atoms with Crippen molar-refractivity contribution in [3.63, 3.8) is 0 Å². The molecular formula is C27H31FN4O4. The lowest BCUT2D eigenvalue weighted by Gasteiger charge is -2.25. The Balaban J connectivity index is 1.67. The van der Waals surface area contributed by atoms with E-state index in [0.717, 1.165) is 30.5 Å². The summed E-state index contributed by atoms with van der Waals surface area (Å²) in [6, 6.07) is 6.50. The van der Waals surface area contributed by atoms with Crippen LogP contribution < -0.4 is 20.1 Å². The molecule has 0 radical (unpaired) electrons. The van der Waals surface area contributed by atoms with E-state index in [4.69, 9.17) is 14.2 Å². The number of methoxy groups -OCH3 is 1. The zero-order chi connectivity index (χ0) is 25.1. The Hall–Kier alpha value is -3.59. The van der Waals surface area contributed by atoms with Crippen LogP contribution in [0.15, 0.2) is 36.7 Å². The first-order chi connectivity index (χ1) is 17.6. The number of fused-ring (bicyclic) bond motifs is 3. The molecule has 3 aromatic rings. The first kappa shape index (κ1) is 24.1. The molecule has 2 atom stereocenters. The predicted molar refractivity (Wildman–Crippen MR) is 135 cm³/mol. The zero-order valence-corrected chi connectivity index (χ0v) is 20.5. The number of aromatic nitrogens is 2. The summed E-state index contributed by atoms with van der Waals surface area (Å²) < 4.78 is 31.7. The van der Waals surface area contributed by atoms with Crippen LogP contribution in [0.4, 0.5) is 15.8 Å². The van der Waals surface area contributed by atoms with Crippen molar-refractivity contribution in [1.29, 1.82) is 0 Å². The molecule has 0 saturated heterocycles. The molecule has 5 rings (SSSR count). The number of carbonyl (C=O) groups excluding carboxylic acids is 1. The molecule has 2 aromatic heterocycles. The molecule has 1 amide bonds. The number of benzene rings is 1. The Morgan fingerprint density at radius 2 is 2.06 bits per heavy atom. The number of aromatic amines is 1. The van der Waals surface area contributed by atoms with E-state index in [1.807, 2.05) is 6.07 Å². The molecule has 0 aliphatic carbocycles. The summed E-state index contributed by atoms with van der Waals surface area (Å²) in [6.07, 6.45) is 6.22. The number of pyridine rings is 1. The first-order valence-corrected chi connectivity index (χ1v) is 12.3. The number of anilines is 2. The van der Waals surface area contributed by atoms with Crippen LogP contribution in [0.25, 0.3) is 11.3 Å². The predicted octanol–water partition coefficient (Wildman–Crippen LogP) is 5.01. The molecule has 1 aromatic carbocycles. The number of amides is 1. The number of hydrogen-bond acceptors (Lipinski definition) is 6. The van der Waals surface area contributed by atoms with Crippen LogP contribution in [-0.2, 0) is 4.74 Å². The molecule has 190 valence electrons. The van der Waals surface area contributed by atoms with Gasteiger partial charge in [0.05, 0.1) is 42.5 Å². The summed E-state index contributed by atoms with van der Waals surface area (Å²) in [6.45, 7) is 4.31. The lowest BCUT2D eigenvalue weighted by atomic mass is 9.89. The van der Waals surface area contributed by atoms with Crippen LogP contribution in [0.5, 0.6) is 11.5 Å². The monoisotopic (exact) mass is 494 g/mol. The van der Waals surface area contributed by atoms with Gasteiger partial charge in [0.25, 0.3) is 5.91 Å². The zero-order valence-electron chi connectivity index (χ0n) is 20.5. The summed E-state index contributed by atoms with van der Waals surface area (Å²) in [5.74, 6) is 0.565. The summed E-state index contributed by atoms with van der Waals surface area (Å²) in [5.41, 5.74) is 3.78. The van der Waals surface area contributed by atoms with Gasteiger partial charge in [-0.2, -0.15) is 0 Å². The van der Waals surface area contributed by atoms with E-state index in [1.54, 1.807) is 24.5 Å². The maximum absolute atomic E-state index is 14.5. The number of ether oxygens (including phenoxy) is 3. The van der Waals surface area contributed by atoms with E-state index in [0.29, 0.717) is 60.7 Å². The molecule has 4 heterocycles. The molecular weight excluding hydrogens is 463 g/mol. The minimum Gasteiger partial charge on any atom is -0.492 e. The number of nitrogens with zero attached hydrogens (tertiary/aromatic N) is 1. The maximum Gasteiger partial charge on any atom is 0.255 e.